The monoisotopic (exact) mass is 144 g/mol. The van der Waals surface area contributed by atoms with Crippen molar-refractivity contribution >= 4 is 0 Å². The molecule has 0 aliphatic carbocycles. The predicted octanol–water partition coefficient (Wildman–Crippen LogP) is 2.44. The van der Waals surface area contributed by atoms with E-state index in [4.69, 9.17) is 0 Å². The lowest BCUT2D eigenvalue weighted by molar-refractivity contribution is 0.0832. The molecule has 0 aromatic carbocycles. The largest absolute Gasteiger partial charge is 0.393 e. The molecule has 1 heteroatoms. The van der Waals surface area contributed by atoms with Crippen molar-refractivity contribution in [3.63, 3.8) is 0 Å². The molecule has 0 rings (SSSR count). The molecular weight excluding hydrogens is 124 g/mol. The van der Waals surface area contributed by atoms with Crippen LogP contribution in [0.3, 0.4) is 0 Å². The minimum atomic E-state index is -0.0926. The fraction of sp³-hybridized carbons (Fsp3) is 1.00. The first-order valence-electron chi connectivity index (χ1n) is 4.27. The maximum atomic E-state index is 9.49. The number of aliphatic hydroxyl groups excluding tert-OH is 1. The molecule has 0 saturated heterocycles. The van der Waals surface area contributed by atoms with Crippen molar-refractivity contribution < 1.29 is 5.11 Å². The highest BCUT2D eigenvalue weighted by Crippen LogP contribution is 2.17. The number of hydrogen-bond donors (Lipinski definition) is 1. The van der Waals surface area contributed by atoms with E-state index in [0.717, 1.165) is 12.8 Å². The molecule has 0 saturated carbocycles. The molecule has 1 N–H and O–H groups in total. The van der Waals surface area contributed by atoms with Crippen LogP contribution >= 0.6 is 0 Å². The van der Waals surface area contributed by atoms with Gasteiger partial charge in [0.05, 0.1) is 6.10 Å². The first-order valence-corrected chi connectivity index (χ1v) is 4.27. The van der Waals surface area contributed by atoms with Crippen LogP contribution in [0.5, 0.6) is 0 Å². The van der Waals surface area contributed by atoms with E-state index in [-0.39, 0.29) is 6.10 Å². The predicted molar refractivity (Wildman–Crippen MR) is 44.9 cm³/mol. The molecule has 1 unspecified atom stereocenters. The summed E-state index contributed by atoms with van der Waals surface area (Å²) in [4.78, 5) is 0. The van der Waals surface area contributed by atoms with Gasteiger partial charge in [-0.1, -0.05) is 34.1 Å². The smallest absolute Gasteiger partial charge is 0.0568 e. The van der Waals surface area contributed by atoms with Gasteiger partial charge in [-0.05, 0) is 18.3 Å². The normalized spacial score (nSPS) is 17.4. The Morgan fingerprint density at radius 3 is 2.00 bits per heavy atom. The van der Waals surface area contributed by atoms with Crippen LogP contribution in [0, 0.1) is 11.8 Å². The number of aliphatic hydroxyl groups is 1. The maximum Gasteiger partial charge on any atom is 0.0568 e. The van der Waals surface area contributed by atoms with Gasteiger partial charge in [-0.3, -0.25) is 0 Å². The van der Waals surface area contributed by atoms with Gasteiger partial charge < -0.3 is 5.11 Å². The van der Waals surface area contributed by atoms with Gasteiger partial charge in [0.25, 0.3) is 0 Å². The molecule has 0 aromatic heterocycles. The van der Waals surface area contributed by atoms with Crippen LogP contribution in [0.15, 0.2) is 0 Å². The van der Waals surface area contributed by atoms with Crippen LogP contribution in [-0.4, -0.2) is 11.2 Å². The van der Waals surface area contributed by atoms with Crippen LogP contribution in [0.4, 0.5) is 0 Å². The van der Waals surface area contributed by atoms with Crippen LogP contribution < -0.4 is 0 Å². The van der Waals surface area contributed by atoms with Gasteiger partial charge in [-0.15, -0.1) is 0 Å². The van der Waals surface area contributed by atoms with E-state index >= 15 is 0 Å². The molecule has 10 heavy (non-hydrogen) atoms. The lowest BCUT2D eigenvalue weighted by atomic mass is 9.90. The van der Waals surface area contributed by atoms with E-state index in [2.05, 4.69) is 27.7 Å². The molecule has 0 heterocycles. The number of hydrogen-bond acceptors (Lipinski definition) is 1. The van der Waals surface area contributed by atoms with E-state index in [1.165, 1.54) is 0 Å². The molecule has 62 valence electrons. The summed E-state index contributed by atoms with van der Waals surface area (Å²) in [5.41, 5.74) is 0. The van der Waals surface area contributed by atoms with Crippen molar-refractivity contribution in [2.24, 2.45) is 11.8 Å². The van der Waals surface area contributed by atoms with E-state index in [9.17, 15) is 5.11 Å². The minimum Gasteiger partial charge on any atom is -0.393 e. The Kier molecular flexibility index (Phi) is 4.71. The molecule has 0 aromatic rings. The molecular formula is C9H20O. The summed E-state index contributed by atoms with van der Waals surface area (Å²) in [6.07, 6.45) is 1.93. The lowest BCUT2D eigenvalue weighted by Gasteiger charge is -2.21. The summed E-state index contributed by atoms with van der Waals surface area (Å²) in [5.74, 6) is 1.04. The second kappa shape index (κ2) is 4.73. The molecule has 0 fully saturated rings. The molecule has 0 aliphatic rings. The molecule has 1 nitrogen and oxygen atoms in total. The average Bonchev–Trinajstić information content (AvgIpc) is 1.87. The summed E-state index contributed by atoms with van der Waals surface area (Å²) < 4.78 is 0. The highest BCUT2D eigenvalue weighted by Gasteiger charge is 2.15. The van der Waals surface area contributed by atoms with E-state index in [1.54, 1.807) is 0 Å². The van der Waals surface area contributed by atoms with Crippen molar-refractivity contribution in [3.05, 3.63) is 0 Å². The van der Waals surface area contributed by atoms with Crippen molar-refractivity contribution in [1.82, 2.24) is 0 Å². The summed E-state index contributed by atoms with van der Waals surface area (Å²) >= 11 is 0. The zero-order valence-corrected chi connectivity index (χ0v) is 7.59. The maximum absolute atomic E-state index is 9.49. The Hall–Kier alpha value is -0.0400. The van der Waals surface area contributed by atoms with E-state index in [0.29, 0.717) is 11.8 Å². The Labute approximate surface area is 64.5 Å². The van der Waals surface area contributed by atoms with Crippen LogP contribution in [0.25, 0.3) is 0 Å². The van der Waals surface area contributed by atoms with Gasteiger partial charge in [-0.2, -0.15) is 0 Å². The van der Waals surface area contributed by atoms with Crippen LogP contribution in [0.2, 0.25) is 0 Å². The van der Waals surface area contributed by atoms with Gasteiger partial charge in [0, 0.05) is 0 Å². The molecule has 0 radical (unpaired) electrons. The van der Waals surface area contributed by atoms with Crippen LogP contribution in [-0.2, 0) is 0 Å². The van der Waals surface area contributed by atoms with E-state index < -0.39 is 0 Å². The standard InChI is InChI=1S/C9H20O/c1-5-6-9(10)8(4)7(2)3/h7-10H,5-6H2,1-4H3/t8?,9-/m0/s1. The van der Waals surface area contributed by atoms with Crippen molar-refractivity contribution in [3.8, 4) is 0 Å². The molecule has 0 amide bonds. The number of rotatable bonds is 4. The third kappa shape index (κ3) is 3.21. The van der Waals surface area contributed by atoms with Crippen LogP contribution in [0.1, 0.15) is 40.5 Å². The first-order chi connectivity index (χ1) is 4.59. The molecule has 2 atom stereocenters. The highest BCUT2D eigenvalue weighted by atomic mass is 16.3. The van der Waals surface area contributed by atoms with Crippen molar-refractivity contribution in [2.45, 2.75) is 46.6 Å². The van der Waals surface area contributed by atoms with Gasteiger partial charge in [0.1, 0.15) is 0 Å². The lowest BCUT2D eigenvalue weighted by Crippen LogP contribution is -2.21. The van der Waals surface area contributed by atoms with Gasteiger partial charge in [-0.25, -0.2) is 0 Å². The Morgan fingerprint density at radius 1 is 1.20 bits per heavy atom. The molecule has 0 spiro atoms. The Morgan fingerprint density at radius 2 is 1.70 bits per heavy atom. The summed E-state index contributed by atoms with van der Waals surface area (Å²) in [6.45, 7) is 8.54. The van der Waals surface area contributed by atoms with Gasteiger partial charge in [0.15, 0.2) is 0 Å². The topological polar surface area (TPSA) is 20.2 Å². The third-order valence-corrected chi connectivity index (χ3v) is 2.24. The summed E-state index contributed by atoms with van der Waals surface area (Å²) in [7, 11) is 0. The van der Waals surface area contributed by atoms with E-state index in [1.807, 2.05) is 0 Å². The fourth-order valence-electron chi connectivity index (χ4n) is 1.00. The second-order valence-corrected chi connectivity index (χ2v) is 3.46. The highest BCUT2D eigenvalue weighted by molar-refractivity contribution is 4.66. The molecule has 0 bridgehead atoms. The first kappa shape index (κ1) is 9.96. The zero-order chi connectivity index (χ0) is 8.15. The minimum absolute atomic E-state index is 0.0926. The summed E-state index contributed by atoms with van der Waals surface area (Å²) in [6, 6.07) is 0. The van der Waals surface area contributed by atoms with Gasteiger partial charge >= 0.3 is 0 Å². The second-order valence-electron chi connectivity index (χ2n) is 3.46. The molecule has 0 aliphatic heterocycles. The van der Waals surface area contributed by atoms with Crippen molar-refractivity contribution in [1.29, 1.82) is 0 Å². The fourth-order valence-corrected chi connectivity index (χ4v) is 1.00. The quantitative estimate of drug-likeness (QED) is 0.642. The average molecular weight is 144 g/mol. The Balaban J connectivity index is 3.58. The zero-order valence-electron chi connectivity index (χ0n) is 7.59. The third-order valence-electron chi connectivity index (χ3n) is 2.24. The Bertz CT molecular complexity index is 78.8. The summed E-state index contributed by atoms with van der Waals surface area (Å²) in [5, 5.41) is 9.49. The van der Waals surface area contributed by atoms with Gasteiger partial charge in [0.2, 0.25) is 0 Å². The SMILES string of the molecule is CCC[C@H](O)C(C)C(C)C. The van der Waals surface area contributed by atoms with Crippen molar-refractivity contribution in [2.75, 3.05) is 0 Å².